The number of carbonyl (C=O) groups excluding carboxylic acids is 1. The molecule has 1 aliphatic heterocycles. The van der Waals surface area contributed by atoms with Crippen molar-refractivity contribution in [3.05, 3.63) is 0 Å². The molecule has 0 spiro atoms. The first-order valence-corrected chi connectivity index (χ1v) is 8.15. The van der Waals surface area contributed by atoms with E-state index in [1.807, 2.05) is 6.92 Å². The van der Waals surface area contributed by atoms with Crippen LogP contribution in [0.3, 0.4) is 0 Å². The highest BCUT2D eigenvalue weighted by molar-refractivity contribution is 5.80. The largest absolute Gasteiger partial charge is 0.468 e. The van der Waals surface area contributed by atoms with Gasteiger partial charge in [0.25, 0.3) is 0 Å². The van der Waals surface area contributed by atoms with E-state index in [4.69, 9.17) is 14.2 Å². The zero-order valence-electron chi connectivity index (χ0n) is 13.4. The van der Waals surface area contributed by atoms with Crippen molar-refractivity contribution in [3.8, 4) is 0 Å². The van der Waals surface area contributed by atoms with Gasteiger partial charge in [0.2, 0.25) is 0 Å². The van der Waals surface area contributed by atoms with Crippen molar-refractivity contribution in [1.82, 2.24) is 5.32 Å². The molecule has 0 radical (unpaired) electrons. The molecule has 0 aromatic rings. The van der Waals surface area contributed by atoms with Crippen molar-refractivity contribution < 1.29 is 19.0 Å². The lowest BCUT2D eigenvalue weighted by Gasteiger charge is -2.28. The Bertz CT molecular complexity index is 326. The monoisotopic (exact) mass is 299 g/mol. The number of unbranched alkanes of at least 4 members (excludes halogenated alkanes) is 1. The number of hydrogen-bond acceptors (Lipinski definition) is 5. The van der Waals surface area contributed by atoms with Crippen molar-refractivity contribution >= 4 is 5.97 Å². The van der Waals surface area contributed by atoms with E-state index in [-0.39, 0.29) is 5.97 Å². The van der Waals surface area contributed by atoms with Crippen molar-refractivity contribution in [3.63, 3.8) is 0 Å². The molecule has 21 heavy (non-hydrogen) atoms. The van der Waals surface area contributed by atoms with E-state index < -0.39 is 5.54 Å². The van der Waals surface area contributed by atoms with Crippen LogP contribution in [-0.4, -0.2) is 51.1 Å². The second-order valence-corrected chi connectivity index (χ2v) is 6.50. The third kappa shape index (κ3) is 5.57. The van der Waals surface area contributed by atoms with Gasteiger partial charge in [0.1, 0.15) is 5.54 Å². The molecular weight excluding hydrogens is 270 g/mol. The van der Waals surface area contributed by atoms with Crippen LogP contribution in [-0.2, 0) is 19.0 Å². The maximum atomic E-state index is 12.0. The molecular formula is C16H29NO4. The Morgan fingerprint density at radius 3 is 2.76 bits per heavy atom. The minimum Gasteiger partial charge on any atom is -0.468 e. The number of carbonyl (C=O) groups is 1. The molecule has 1 N–H and O–H groups in total. The Morgan fingerprint density at radius 1 is 1.33 bits per heavy atom. The normalized spacial score (nSPS) is 24.8. The fourth-order valence-electron chi connectivity index (χ4n) is 2.78. The second kappa shape index (κ2) is 8.11. The summed E-state index contributed by atoms with van der Waals surface area (Å²) >= 11 is 0. The van der Waals surface area contributed by atoms with E-state index in [1.165, 1.54) is 20.0 Å². The number of hydrogen-bond donors (Lipinski definition) is 1. The SMILES string of the molecule is COC(=O)C(C)(CCCCOCC1CCOC1)NC1CC1. The van der Waals surface area contributed by atoms with Gasteiger partial charge < -0.3 is 14.2 Å². The van der Waals surface area contributed by atoms with Crippen molar-refractivity contribution in [2.45, 2.75) is 57.0 Å². The van der Waals surface area contributed by atoms with E-state index >= 15 is 0 Å². The van der Waals surface area contributed by atoms with Crippen LogP contribution in [0.2, 0.25) is 0 Å². The third-order valence-corrected chi connectivity index (χ3v) is 4.33. The standard InChI is InChI=1S/C16H29NO4/c1-16(15(18)19-2,17-14-5-6-14)8-3-4-9-20-11-13-7-10-21-12-13/h13-14,17H,3-12H2,1-2H3. The van der Waals surface area contributed by atoms with E-state index in [9.17, 15) is 4.79 Å². The summed E-state index contributed by atoms with van der Waals surface area (Å²) in [5, 5.41) is 3.42. The second-order valence-electron chi connectivity index (χ2n) is 6.50. The zero-order valence-corrected chi connectivity index (χ0v) is 13.4. The van der Waals surface area contributed by atoms with Gasteiger partial charge in [-0.05, 0) is 45.4 Å². The molecule has 5 heteroatoms. The number of methoxy groups -OCH3 is 1. The number of esters is 1. The van der Waals surface area contributed by atoms with Gasteiger partial charge in [-0.2, -0.15) is 0 Å². The smallest absolute Gasteiger partial charge is 0.325 e. The highest BCUT2D eigenvalue weighted by Crippen LogP contribution is 2.26. The van der Waals surface area contributed by atoms with Crippen LogP contribution < -0.4 is 5.32 Å². The topological polar surface area (TPSA) is 56.8 Å². The van der Waals surface area contributed by atoms with Crippen molar-refractivity contribution in [2.24, 2.45) is 5.92 Å². The summed E-state index contributed by atoms with van der Waals surface area (Å²) < 4.78 is 16.0. The van der Waals surface area contributed by atoms with Crippen LogP contribution in [0.15, 0.2) is 0 Å². The Morgan fingerprint density at radius 2 is 2.14 bits per heavy atom. The molecule has 1 saturated heterocycles. The van der Waals surface area contributed by atoms with Gasteiger partial charge in [-0.25, -0.2) is 0 Å². The molecule has 2 rings (SSSR count). The minimum absolute atomic E-state index is 0.154. The summed E-state index contributed by atoms with van der Waals surface area (Å²) in [4.78, 5) is 12.0. The molecule has 0 aromatic heterocycles. The van der Waals surface area contributed by atoms with Gasteiger partial charge in [-0.3, -0.25) is 10.1 Å². The number of ether oxygens (including phenoxy) is 3. The Labute approximate surface area is 127 Å². The summed E-state index contributed by atoms with van der Waals surface area (Å²) in [6.45, 7) is 5.23. The molecule has 2 aliphatic rings. The molecule has 0 amide bonds. The summed E-state index contributed by atoms with van der Waals surface area (Å²) in [7, 11) is 1.46. The lowest BCUT2D eigenvalue weighted by Crippen LogP contribution is -2.51. The van der Waals surface area contributed by atoms with E-state index in [0.717, 1.165) is 52.1 Å². The molecule has 2 unspecified atom stereocenters. The Balaban J connectivity index is 1.58. The molecule has 122 valence electrons. The van der Waals surface area contributed by atoms with Gasteiger partial charge in [-0.15, -0.1) is 0 Å². The van der Waals surface area contributed by atoms with Crippen LogP contribution >= 0.6 is 0 Å². The van der Waals surface area contributed by atoms with Crippen LogP contribution in [0.25, 0.3) is 0 Å². The molecule has 0 bridgehead atoms. The van der Waals surface area contributed by atoms with E-state index in [0.29, 0.717) is 12.0 Å². The quantitative estimate of drug-likeness (QED) is 0.493. The van der Waals surface area contributed by atoms with Gasteiger partial charge in [0, 0.05) is 25.2 Å². The molecule has 1 saturated carbocycles. The highest BCUT2D eigenvalue weighted by Gasteiger charge is 2.38. The van der Waals surface area contributed by atoms with Crippen LogP contribution in [0, 0.1) is 5.92 Å². The predicted octanol–water partition coefficient (Wildman–Crippen LogP) is 1.89. The van der Waals surface area contributed by atoms with E-state index in [1.54, 1.807) is 0 Å². The Hall–Kier alpha value is -0.650. The van der Waals surface area contributed by atoms with Gasteiger partial charge >= 0.3 is 5.97 Å². The van der Waals surface area contributed by atoms with Crippen LogP contribution in [0.5, 0.6) is 0 Å². The maximum absolute atomic E-state index is 12.0. The van der Waals surface area contributed by atoms with Gasteiger partial charge in [0.05, 0.1) is 20.3 Å². The van der Waals surface area contributed by atoms with Crippen LogP contribution in [0.4, 0.5) is 0 Å². The third-order valence-electron chi connectivity index (χ3n) is 4.33. The predicted molar refractivity (Wildman–Crippen MR) is 80.2 cm³/mol. The van der Waals surface area contributed by atoms with Crippen molar-refractivity contribution in [2.75, 3.05) is 33.5 Å². The summed E-state index contributed by atoms with van der Waals surface area (Å²) in [6.07, 6.45) is 6.19. The lowest BCUT2D eigenvalue weighted by atomic mass is 9.94. The first-order valence-electron chi connectivity index (χ1n) is 8.15. The molecule has 1 heterocycles. The number of rotatable bonds is 10. The fraction of sp³-hybridized carbons (Fsp3) is 0.938. The molecule has 2 fully saturated rings. The molecule has 5 nitrogen and oxygen atoms in total. The van der Waals surface area contributed by atoms with E-state index in [2.05, 4.69) is 5.32 Å². The summed E-state index contributed by atoms with van der Waals surface area (Å²) in [6, 6.07) is 0.493. The average Bonchev–Trinajstić information content (AvgIpc) is 3.13. The summed E-state index contributed by atoms with van der Waals surface area (Å²) in [5.74, 6) is 0.417. The fourth-order valence-corrected chi connectivity index (χ4v) is 2.78. The number of nitrogens with one attached hydrogen (secondary N) is 1. The molecule has 2 atom stereocenters. The minimum atomic E-state index is -0.546. The molecule has 0 aromatic carbocycles. The maximum Gasteiger partial charge on any atom is 0.325 e. The zero-order chi connectivity index (χ0) is 15.1. The average molecular weight is 299 g/mol. The van der Waals surface area contributed by atoms with Crippen molar-refractivity contribution in [1.29, 1.82) is 0 Å². The lowest BCUT2D eigenvalue weighted by molar-refractivity contribution is -0.148. The van der Waals surface area contributed by atoms with Gasteiger partial charge in [0.15, 0.2) is 0 Å². The summed E-state index contributed by atoms with van der Waals surface area (Å²) in [5.41, 5.74) is -0.546. The van der Waals surface area contributed by atoms with Crippen LogP contribution in [0.1, 0.15) is 45.4 Å². The molecule has 1 aliphatic carbocycles. The highest BCUT2D eigenvalue weighted by atomic mass is 16.5. The first-order chi connectivity index (χ1) is 10.1. The Kier molecular flexibility index (Phi) is 6.45. The van der Waals surface area contributed by atoms with Gasteiger partial charge in [-0.1, -0.05) is 0 Å². The first kappa shape index (κ1) is 16.7.